The standard InChI is InChI=1S/C25H23ClN6O3/c1-2-13-31-24(33)30-23(32(25(31)34)16-17-3-5-18(26)6-4-17)29-19-7-10-21(11-8-19)35-22-12-9-20(14-27)28-15-22/h3-12,15,23,29H,2,13,16H2,1H3,(H,30,33). The number of nitrogens with one attached hydrogen (secondary N) is 2. The number of anilines is 1. The molecule has 1 fully saturated rings. The molecule has 3 aromatic rings. The lowest BCUT2D eigenvalue weighted by Gasteiger charge is -2.41. The molecule has 10 heteroatoms. The molecule has 1 unspecified atom stereocenters. The van der Waals surface area contributed by atoms with Crippen molar-refractivity contribution in [2.24, 2.45) is 0 Å². The number of carbonyl (C=O) groups excluding carboxylic acids is 2. The van der Waals surface area contributed by atoms with Crippen molar-refractivity contribution in [3.8, 4) is 17.6 Å². The summed E-state index contributed by atoms with van der Waals surface area (Å²) in [4.78, 5) is 32.5. The fraction of sp³-hybridized carbons (Fsp3) is 0.200. The molecule has 0 radical (unpaired) electrons. The molecule has 1 aliphatic rings. The van der Waals surface area contributed by atoms with Gasteiger partial charge in [-0.25, -0.2) is 19.5 Å². The van der Waals surface area contributed by atoms with E-state index in [2.05, 4.69) is 15.6 Å². The van der Waals surface area contributed by atoms with Gasteiger partial charge in [0.1, 0.15) is 23.3 Å². The highest BCUT2D eigenvalue weighted by Gasteiger charge is 2.37. The molecule has 178 valence electrons. The number of halogens is 1. The number of nitrogens with zero attached hydrogens (tertiary/aromatic N) is 4. The smallest absolute Gasteiger partial charge is 0.331 e. The molecule has 9 nitrogen and oxygen atoms in total. The number of aromatic nitrogens is 1. The SMILES string of the molecule is CCCN1C(=O)NC(Nc2ccc(Oc3ccc(C#N)nc3)cc2)N(Cc2ccc(Cl)cc2)C1=O. The molecule has 2 heterocycles. The number of ether oxygens (including phenoxy) is 1. The fourth-order valence-electron chi connectivity index (χ4n) is 3.53. The first kappa shape index (κ1) is 23.9. The average Bonchev–Trinajstić information content (AvgIpc) is 2.87. The Hall–Kier alpha value is -4.29. The normalized spacial score (nSPS) is 15.4. The van der Waals surface area contributed by atoms with Gasteiger partial charge >= 0.3 is 12.1 Å². The monoisotopic (exact) mass is 490 g/mol. The van der Waals surface area contributed by atoms with Gasteiger partial charge in [0.2, 0.25) is 0 Å². The lowest BCUT2D eigenvalue weighted by Crippen LogP contribution is -2.67. The lowest BCUT2D eigenvalue weighted by atomic mass is 10.2. The lowest BCUT2D eigenvalue weighted by molar-refractivity contribution is 0.106. The highest BCUT2D eigenvalue weighted by Crippen LogP contribution is 2.24. The number of amides is 4. The Kier molecular flexibility index (Phi) is 7.33. The Morgan fingerprint density at radius 2 is 1.80 bits per heavy atom. The van der Waals surface area contributed by atoms with Crippen LogP contribution in [-0.2, 0) is 6.54 Å². The summed E-state index contributed by atoms with van der Waals surface area (Å²) < 4.78 is 5.76. The highest BCUT2D eigenvalue weighted by molar-refractivity contribution is 6.30. The van der Waals surface area contributed by atoms with Crippen LogP contribution in [0.2, 0.25) is 5.02 Å². The van der Waals surface area contributed by atoms with Gasteiger partial charge in [-0.2, -0.15) is 5.26 Å². The quantitative estimate of drug-likeness (QED) is 0.451. The third kappa shape index (κ3) is 5.80. The van der Waals surface area contributed by atoms with E-state index in [0.717, 1.165) is 5.56 Å². The molecule has 4 amide bonds. The molecule has 4 rings (SSSR count). The third-order valence-corrected chi connectivity index (χ3v) is 5.50. The number of nitriles is 1. The van der Waals surface area contributed by atoms with Crippen LogP contribution < -0.4 is 15.4 Å². The zero-order valence-electron chi connectivity index (χ0n) is 18.9. The minimum Gasteiger partial charge on any atom is -0.456 e. The Bertz CT molecular complexity index is 1230. The van der Waals surface area contributed by atoms with E-state index in [4.69, 9.17) is 21.6 Å². The van der Waals surface area contributed by atoms with Crippen LogP contribution in [0.3, 0.4) is 0 Å². The van der Waals surface area contributed by atoms with Crippen molar-refractivity contribution in [2.75, 3.05) is 11.9 Å². The second-order valence-electron chi connectivity index (χ2n) is 7.80. The van der Waals surface area contributed by atoms with Gasteiger partial charge in [0.25, 0.3) is 0 Å². The molecule has 0 saturated carbocycles. The minimum absolute atomic E-state index is 0.279. The second kappa shape index (κ2) is 10.8. The van der Waals surface area contributed by atoms with Crippen LogP contribution in [0.15, 0.2) is 66.9 Å². The van der Waals surface area contributed by atoms with Crippen molar-refractivity contribution in [1.29, 1.82) is 5.26 Å². The number of benzene rings is 2. The molecule has 35 heavy (non-hydrogen) atoms. The van der Waals surface area contributed by atoms with E-state index in [9.17, 15) is 9.59 Å². The van der Waals surface area contributed by atoms with Crippen molar-refractivity contribution < 1.29 is 14.3 Å². The summed E-state index contributed by atoms with van der Waals surface area (Å²) in [5.41, 5.74) is 1.86. The molecule has 1 aliphatic heterocycles. The number of carbonyl (C=O) groups is 2. The van der Waals surface area contributed by atoms with Crippen LogP contribution in [0.1, 0.15) is 24.6 Å². The summed E-state index contributed by atoms with van der Waals surface area (Å²) in [5.74, 6) is 1.07. The van der Waals surface area contributed by atoms with Crippen LogP contribution in [0, 0.1) is 11.3 Å². The molecule has 2 N–H and O–H groups in total. The molecule has 0 spiro atoms. The fourth-order valence-corrected chi connectivity index (χ4v) is 3.65. The van der Waals surface area contributed by atoms with Gasteiger partial charge in [-0.1, -0.05) is 30.7 Å². The van der Waals surface area contributed by atoms with E-state index in [-0.39, 0.29) is 12.6 Å². The maximum atomic E-state index is 13.2. The summed E-state index contributed by atoms with van der Waals surface area (Å²) in [7, 11) is 0. The zero-order valence-corrected chi connectivity index (χ0v) is 19.7. The Labute approximate surface area is 207 Å². The number of pyridine rings is 1. The summed E-state index contributed by atoms with van der Waals surface area (Å²) in [5, 5.41) is 15.5. The first-order chi connectivity index (χ1) is 17.0. The first-order valence-corrected chi connectivity index (χ1v) is 11.4. The van der Waals surface area contributed by atoms with E-state index in [1.807, 2.05) is 25.1 Å². The maximum absolute atomic E-state index is 13.2. The van der Waals surface area contributed by atoms with E-state index >= 15 is 0 Å². The number of imide groups is 1. The van der Waals surface area contributed by atoms with Crippen molar-refractivity contribution in [3.05, 3.63) is 83.1 Å². The predicted molar refractivity (Wildman–Crippen MR) is 131 cm³/mol. The van der Waals surface area contributed by atoms with Crippen LogP contribution in [0.25, 0.3) is 0 Å². The van der Waals surface area contributed by atoms with Gasteiger partial charge in [0.15, 0.2) is 6.29 Å². The van der Waals surface area contributed by atoms with E-state index in [1.165, 1.54) is 11.1 Å². The third-order valence-electron chi connectivity index (χ3n) is 5.25. The van der Waals surface area contributed by atoms with Gasteiger partial charge in [-0.05, 0) is 60.5 Å². The average molecular weight is 491 g/mol. The molecule has 0 aliphatic carbocycles. The molecule has 1 aromatic heterocycles. The van der Waals surface area contributed by atoms with E-state index < -0.39 is 12.3 Å². The van der Waals surface area contributed by atoms with E-state index in [1.54, 1.807) is 53.4 Å². The summed E-state index contributed by atoms with van der Waals surface area (Å²) >= 11 is 6.00. The van der Waals surface area contributed by atoms with Crippen LogP contribution in [-0.4, -0.2) is 39.7 Å². The van der Waals surface area contributed by atoms with Crippen molar-refractivity contribution in [1.82, 2.24) is 20.1 Å². The molecule has 2 aromatic carbocycles. The first-order valence-electron chi connectivity index (χ1n) is 11.0. The Morgan fingerprint density at radius 1 is 1.09 bits per heavy atom. The van der Waals surface area contributed by atoms with Crippen LogP contribution in [0.5, 0.6) is 11.5 Å². The van der Waals surface area contributed by atoms with Crippen LogP contribution in [0.4, 0.5) is 15.3 Å². The minimum atomic E-state index is -0.756. The molecular formula is C25H23ClN6O3. The molecular weight excluding hydrogens is 468 g/mol. The van der Waals surface area contributed by atoms with Crippen molar-refractivity contribution in [3.63, 3.8) is 0 Å². The van der Waals surface area contributed by atoms with Gasteiger partial charge in [0.05, 0.1) is 12.7 Å². The maximum Gasteiger partial charge on any atom is 0.331 e. The molecule has 1 atom stereocenters. The van der Waals surface area contributed by atoms with Crippen molar-refractivity contribution in [2.45, 2.75) is 26.2 Å². The van der Waals surface area contributed by atoms with Gasteiger partial charge in [0, 0.05) is 17.3 Å². The van der Waals surface area contributed by atoms with Gasteiger partial charge < -0.3 is 10.1 Å². The van der Waals surface area contributed by atoms with Crippen molar-refractivity contribution >= 4 is 29.4 Å². The van der Waals surface area contributed by atoms with E-state index in [0.29, 0.717) is 40.9 Å². The number of hydrogen-bond donors (Lipinski definition) is 2. The Morgan fingerprint density at radius 3 is 2.43 bits per heavy atom. The Balaban J connectivity index is 1.49. The predicted octanol–water partition coefficient (Wildman–Crippen LogP) is 5.15. The van der Waals surface area contributed by atoms with Gasteiger partial charge in [-0.3, -0.25) is 10.2 Å². The zero-order chi connectivity index (χ0) is 24.8. The van der Waals surface area contributed by atoms with Gasteiger partial charge in [-0.15, -0.1) is 0 Å². The number of urea groups is 2. The topological polar surface area (TPSA) is 111 Å². The van der Waals surface area contributed by atoms with Crippen LogP contribution >= 0.6 is 11.6 Å². The second-order valence-corrected chi connectivity index (χ2v) is 8.24. The summed E-state index contributed by atoms with van der Waals surface area (Å²) in [6, 6.07) is 18.6. The number of rotatable bonds is 8. The summed E-state index contributed by atoms with van der Waals surface area (Å²) in [6.45, 7) is 2.51. The highest BCUT2D eigenvalue weighted by atomic mass is 35.5. The molecule has 1 saturated heterocycles. The largest absolute Gasteiger partial charge is 0.456 e. The summed E-state index contributed by atoms with van der Waals surface area (Å²) in [6.07, 6.45) is 1.38. The number of hydrogen-bond acceptors (Lipinski definition) is 6. The molecule has 0 bridgehead atoms.